The second kappa shape index (κ2) is 4.65. The molecule has 0 saturated heterocycles. The first kappa shape index (κ1) is 10.5. The van der Waals surface area contributed by atoms with Crippen LogP contribution in [0.25, 0.3) is 0 Å². The summed E-state index contributed by atoms with van der Waals surface area (Å²) in [5.41, 5.74) is 5.76. The molecule has 1 saturated carbocycles. The minimum Gasteiger partial charge on any atom is -0.330 e. The number of nitrogens with two attached hydrogens (primary N) is 1. The average Bonchev–Trinajstić information content (AvgIpc) is 2.76. The van der Waals surface area contributed by atoms with Gasteiger partial charge in [-0.05, 0) is 49.8 Å². The zero-order valence-corrected chi connectivity index (χ0v) is 9.78. The molecule has 1 heterocycles. The van der Waals surface area contributed by atoms with Gasteiger partial charge < -0.3 is 5.73 Å². The molecular formula is C11H16ClNS. The fourth-order valence-electron chi connectivity index (χ4n) is 2.41. The van der Waals surface area contributed by atoms with Crippen LogP contribution in [0.2, 0.25) is 4.34 Å². The lowest BCUT2D eigenvalue weighted by Gasteiger charge is -2.16. The third-order valence-corrected chi connectivity index (χ3v) is 4.46. The number of hydrogen-bond donors (Lipinski definition) is 1. The Hall–Kier alpha value is -0.0500. The predicted octanol–water partition coefficient (Wildman–Crippen LogP) is 3.32. The summed E-state index contributed by atoms with van der Waals surface area (Å²) in [5.74, 6) is 1.55. The molecule has 0 aliphatic heterocycles. The summed E-state index contributed by atoms with van der Waals surface area (Å²) in [6.07, 6.45) is 5.20. The molecule has 0 amide bonds. The van der Waals surface area contributed by atoms with E-state index in [1.54, 1.807) is 11.3 Å². The minimum absolute atomic E-state index is 0.746. The third kappa shape index (κ3) is 2.30. The Kier molecular flexibility index (Phi) is 3.47. The molecule has 1 aromatic rings. The summed E-state index contributed by atoms with van der Waals surface area (Å²) in [5, 5.41) is 0. The number of rotatable bonds is 3. The first-order chi connectivity index (χ1) is 6.79. The van der Waals surface area contributed by atoms with Crippen LogP contribution in [-0.4, -0.2) is 6.54 Å². The Morgan fingerprint density at radius 1 is 1.36 bits per heavy atom. The second-order valence-corrected chi connectivity index (χ2v) is 5.90. The van der Waals surface area contributed by atoms with Crippen molar-refractivity contribution in [2.24, 2.45) is 17.6 Å². The van der Waals surface area contributed by atoms with Crippen molar-refractivity contribution in [2.45, 2.75) is 25.7 Å². The lowest BCUT2D eigenvalue weighted by atomic mass is 9.92. The van der Waals surface area contributed by atoms with E-state index in [2.05, 4.69) is 6.07 Å². The fourth-order valence-corrected chi connectivity index (χ4v) is 3.59. The molecule has 0 spiro atoms. The SMILES string of the molecule is NCC1CCCC1Cc1ccc(Cl)s1. The quantitative estimate of drug-likeness (QED) is 0.846. The van der Waals surface area contributed by atoms with Crippen LogP contribution in [0, 0.1) is 11.8 Å². The zero-order chi connectivity index (χ0) is 9.97. The summed E-state index contributed by atoms with van der Waals surface area (Å²) in [6, 6.07) is 4.15. The average molecular weight is 230 g/mol. The van der Waals surface area contributed by atoms with Gasteiger partial charge >= 0.3 is 0 Å². The van der Waals surface area contributed by atoms with Crippen LogP contribution in [0.5, 0.6) is 0 Å². The summed E-state index contributed by atoms with van der Waals surface area (Å²) in [4.78, 5) is 1.42. The molecule has 0 aromatic carbocycles. The van der Waals surface area contributed by atoms with Crippen LogP contribution in [-0.2, 0) is 6.42 Å². The van der Waals surface area contributed by atoms with Gasteiger partial charge in [-0.1, -0.05) is 18.0 Å². The van der Waals surface area contributed by atoms with E-state index in [0.717, 1.165) is 22.7 Å². The topological polar surface area (TPSA) is 26.0 Å². The molecular weight excluding hydrogens is 214 g/mol. The van der Waals surface area contributed by atoms with Crippen molar-refractivity contribution < 1.29 is 0 Å². The second-order valence-electron chi connectivity index (χ2n) is 4.10. The van der Waals surface area contributed by atoms with Gasteiger partial charge in [-0.2, -0.15) is 0 Å². The molecule has 2 unspecified atom stereocenters. The zero-order valence-electron chi connectivity index (χ0n) is 8.21. The predicted molar refractivity (Wildman–Crippen MR) is 62.9 cm³/mol. The van der Waals surface area contributed by atoms with Crippen molar-refractivity contribution in [3.8, 4) is 0 Å². The molecule has 1 fully saturated rings. The van der Waals surface area contributed by atoms with Gasteiger partial charge in [0.15, 0.2) is 0 Å². The minimum atomic E-state index is 0.746. The number of hydrogen-bond acceptors (Lipinski definition) is 2. The molecule has 78 valence electrons. The standard InChI is InChI=1S/C11H16ClNS/c12-11-5-4-10(14-11)6-8-2-1-3-9(8)7-13/h4-5,8-9H,1-3,6-7,13H2. The molecule has 1 aliphatic rings. The van der Waals surface area contributed by atoms with Crippen LogP contribution in [0.1, 0.15) is 24.1 Å². The van der Waals surface area contributed by atoms with E-state index in [-0.39, 0.29) is 0 Å². The Balaban J connectivity index is 1.96. The Labute approximate surface area is 94.3 Å². The van der Waals surface area contributed by atoms with Crippen molar-refractivity contribution in [3.05, 3.63) is 21.3 Å². The first-order valence-electron chi connectivity index (χ1n) is 5.24. The molecule has 2 N–H and O–H groups in total. The van der Waals surface area contributed by atoms with Gasteiger partial charge in [0.1, 0.15) is 0 Å². The largest absolute Gasteiger partial charge is 0.330 e. The fraction of sp³-hybridized carbons (Fsp3) is 0.636. The highest BCUT2D eigenvalue weighted by molar-refractivity contribution is 7.16. The summed E-state index contributed by atoms with van der Waals surface area (Å²) in [6.45, 7) is 0.851. The molecule has 3 heteroatoms. The highest BCUT2D eigenvalue weighted by atomic mass is 35.5. The molecule has 1 nitrogen and oxygen atoms in total. The van der Waals surface area contributed by atoms with Crippen molar-refractivity contribution in [3.63, 3.8) is 0 Å². The van der Waals surface area contributed by atoms with Crippen molar-refractivity contribution in [1.29, 1.82) is 0 Å². The molecule has 0 bridgehead atoms. The van der Waals surface area contributed by atoms with Gasteiger partial charge in [0, 0.05) is 4.88 Å². The monoisotopic (exact) mass is 229 g/mol. The van der Waals surface area contributed by atoms with Crippen LogP contribution in [0.3, 0.4) is 0 Å². The van der Waals surface area contributed by atoms with E-state index in [1.165, 1.54) is 30.6 Å². The molecule has 14 heavy (non-hydrogen) atoms. The van der Waals surface area contributed by atoms with Crippen molar-refractivity contribution in [1.82, 2.24) is 0 Å². The van der Waals surface area contributed by atoms with Gasteiger partial charge in [0.25, 0.3) is 0 Å². The van der Waals surface area contributed by atoms with Gasteiger partial charge in [-0.25, -0.2) is 0 Å². The summed E-state index contributed by atoms with van der Waals surface area (Å²) in [7, 11) is 0. The maximum atomic E-state index is 5.91. The summed E-state index contributed by atoms with van der Waals surface area (Å²) >= 11 is 7.62. The Morgan fingerprint density at radius 2 is 2.14 bits per heavy atom. The van der Waals surface area contributed by atoms with Crippen molar-refractivity contribution >= 4 is 22.9 Å². The van der Waals surface area contributed by atoms with Gasteiger partial charge in [0.2, 0.25) is 0 Å². The number of thiophene rings is 1. The smallest absolute Gasteiger partial charge is 0.0931 e. The van der Waals surface area contributed by atoms with Gasteiger partial charge in [-0.15, -0.1) is 11.3 Å². The van der Waals surface area contributed by atoms with E-state index < -0.39 is 0 Å². The van der Waals surface area contributed by atoms with Gasteiger partial charge in [-0.3, -0.25) is 0 Å². The Bertz CT molecular complexity index is 297. The van der Waals surface area contributed by atoms with Crippen molar-refractivity contribution in [2.75, 3.05) is 6.54 Å². The number of halogens is 1. The molecule has 2 atom stereocenters. The summed E-state index contributed by atoms with van der Waals surface area (Å²) < 4.78 is 0.905. The van der Waals surface area contributed by atoms with E-state index in [4.69, 9.17) is 17.3 Å². The molecule has 0 radical (unpaired) electrons. The van der Waals surface area contributed by atoms with E-state index in [1.807, 2.05) is 6.07 Å². The Morgan fingerprint density at radius 3 is 2.79 bits per heavy atom. The molecule has 1 aromatic heterocycles. The van der Waals surface area contributed by atoms with Crippen LogP contribution < -0.4 is 5.73 Å². The van der Waals surface area contributed by atoms with E-state index >= 15 is 0 Å². The lowest BCUT2D eigenvalue weighted by molar-refractivity contribution is 0.396. The van der Waals surface area contributed by atoms with Crippen LogP contribution in [0.15, 0.2) is 12.1 Å². The lowest BCUT2D eigenvalue weighted by Crippen LogP contribution is -2.19. The molecule has 1 aliphatic carbocycles. The molecule has 2 rings (SSSR count). The highest BCUT2D eigenvalue weighted by Gasteiger charge is 2.26. The highest BCUT2D eigenvalue weighted by Crippen LogP contribution is 2.35. The maximum Gasteiger partial charge on any atom is 0.0931 e. The van der Waals surface area contributed by atoms with Crippen LogP contribution in [0.4, 0.5) is 0 Å². The third-order valence-electron chi connectivity index (χ3n) is 3.21. The maximum absolute atomic E-state index is 5.91. The first-order valence-corrected chi connectivity index (χ1v) is 6.43. The van der Waals surface area contributed by atoms with E-state index in [0.29, 0.717) is 0 Å². The normalized spacial score (nSPS) is 27.0. The van der Waals surface area contributed by atoms with Crippen LogP contribution >= 0.6 is 22.9 Å². The van der Waals surface area contributed by atoms with E-state index in [9.17, 15) is 0 Å². The van der Waals surface area contributed by atoms with Gasteiger partial charge in [0.05, 0.1) is 4.34 Å².